The van der Waals surface area contributed by atoms with E-state index >= 15 is 0 Å². The van der Waals surface area contributed by atoms with Gasteiger partial charge in [0.1, 0.15) is 5.52 Å². The van der Waals surface area contributed by atoms with Gasteiger partial charge in [-0.2, -0.15) is 4.68 Å². The van der Waals surface area contributed by atoms with Crippen molar-refractivity contribution in [3.05, 3.63) is 60.2 Å². The molecule has 24 heavy (non-hydrogen) atoms. The van der Waals surface area contributed by atoms with Crippen LogP contribution in [0.1, 0.15) is 18.4 Å². The maximum Gasteiger partial charge on any atom is 0.176 e. The quantitative estimate of drug-likeness (QED) is 0.426. The van der Waals surface area contributed by atoms with Crippen LogP contribution in [-0.2, 0) is 13.1 Å². The first-order chi connectivity index (χ1) is 11.3. The Morgan fingerprint density at radius 3 is 2.42 bits per heavy atom. The molecule has 1 fully saturated rings. The number of halogens is 1. The summed E-state index contributed by atoms with van der Waals surface area (Å²) in [5, 5.41) is 8.72. The highest BCUT2D eigenvalue weighted by molar-refractivity contribution is 5.73. The number of fused-ring (bicyclic) bond motifs is 1. The van der Waals surface area contributed by atoms with Gasteiger partial charge in [0, 0.05) is 19.3 Å². The topological polar surface area (TPSA) is 30.7 Å². The van der Waals surface area contributed by atoms with Crippen LogP contribution in [0.3, 0.4) is 0 Å². The smallest absolute Gasteiger partial charge is 0.176 e. The van der Waals surface area contributed by atoms with Crippen LogP contribution >= 0.6 is 0 Å². The van der Waals surface area contributed by atoms with E-state index in [1.165, 1.54) is 38.0 Å². The van der Waals surface area contributed by atoms with Gasteiger partial charge in [0.2, 0.25) is 0 Å². The lowest BCUT2D eigenvalue weighted by Crippen LogP contribution is -3.00. The largest absolute Gasteiger partial charge is 1.00 e. The van der Waals surface area contributed by atoms with E-state index in [9.17, 15) is 0 Å². The molecule has 0 atom stereocenters. The molecule has 4 rings (SSSR count). The minimum atomic E-state index is 0. The summed E-state index contributed by atoms with van der Waals surface area (Å²) in [6.45, 7) is 4.62. The Balaban J connectivity index is 0.00000169. The Labute approximate surface area is 160 Å². The van der Waals surface area contributed by atoms with E-state index in [1.807, 2.05) is 12.1 Å². The molecule has 0 aliphatic carbocycles. The molecule has 2 heterocycles. The monoisotopic (exact) mass is 434 g/mol. The molecule has 0 N–H and O–H groups in total. The summed E-state index contributed by atoms with van der Waals surface area (Å²) in [5.41, 5.74) is 3.57. The fourth-order valence-electron chi connectivity index (χ4n) is 3.76. The summed E-state index contributed by atoms with van der Waals surface area (Å²) < 4.78 is 3.23. The van der Waals surface area contributed by atoms with Gasteiger partial charge < -0.3 is 28.5 Å². The van der Waals surface area contributed by atoms with Crippen molar-refractivity contribution in [1.29, 1.82) is 0 Å². The Morgan fingerprint density at radius 2 is 1.62 bits per heavy atom. The molecule has 1 aromatic heterocycles. The Morgan fingerprint density at radius 1 is 0.917 bits per heavy atom. The molecule has 5 heteroatoms. The van der Waals surface area contributed by atoms with Gasteiger partial charge in [0.05, 0.1) is 25.2 Å². The van der Waals surface area contributed by atoms with Crippen LogP contribution < -0.4 is 24.0 Å². The fraction of sp³-hybridized carbons (Fsp3) is 0.368. The third-order valence-corrected chi connectivity index (χ3v) is 5.09. The van der Waals surface area contributed by atoms with Crippen molar-refractivity contribution >= 4 is 11.0 Å². The van der Waals surface area contributed by atoms with Crippen molar-refractivity contribution in [1.82, 2.24) is 15.0 Å². The minimum absolute atomic E-state index is 0. The van der Waals surface area contributed by atoms with E-state index in [-0.39, 0.29) is 24.0 Å². The lowest BCUT2D eigenvalue weighted by molar-refractivity contribution is -0.938. The third-order valence-electron chi connectivity index (χ3n) is 5.09. The Hall–Kier alpha value is -1.47. The van der Waals surface area contributed by atoms with Crippen LogP contribution in [0.15, 0.2) is 54.6 Å². The number of likely N-dealkylation sites (tertiary alicyclic amines) is 1. The Kier molecular flexibility index (Phi) is 5.50. The summed E-state index contributed by atoms with van der Waals surface area (Å²) in [6.07, 6.45) is 3.77. The van der Waals surface area contributed by atoms with Crippen LogP contribution in [0, 0.1) is 0 Å². The van der Waals surface area contributed by atoms with Gasteiger partial charge in [0.15, 0.2) is 6.67 Å². The fourth-order valence-corrected chi connectivity index (χ4v) is 3.76. The van der Waals surface area contributed by atoms with Crippen molar-refractivity contribution in [2.75, 3.05) is 19.6 Å². The number of nitrogens with zero attached hydrogens (tertiary/aromatic N) is 4. The van der Waals surface area contributed by atoms with Crippen LogP contribution in [-0.4, -0.2) is 39.1 Å². The number of hydrogen-bond donors (Lipinski definition) is 0. The molecule has 0 radical (unpaired) electrons. The molecular weight excluding hydrogens is 411 g/mol. The third kappa shape index (κ3) is 3.62. The maximum atomic E-state index is 4.41. The maximum absolute atomic E-state index is 4.41. The molecule has 0 spiro atoms. The predicted molar refractivity (Wildman–Crippen MR) is 91.8 cm³/mol. The van der Waals surface area contributed by atoms with Crippen LogP contribution in [0.2, 0.25) is 0 Å². The summed E-state index contributed by atoms with van der Waals surface area (Å²) in [5.74, 6) is 0. The zero-order valence-corrected chi connectivity index (χ0v) is 16.0. The van der Waals surface area contributed by atoms with Crippen molar-refractivity contribution in [3.8, 4) is 0 Å². The molecule has 1 aliphatic rings. The highest BCUT2D eigenvalue weighted by atomic mass is 127. The van der Waals surface area contributed by atoms with E-state index in [0.29, 0.717) is 0 Å². The number of quaternary nitrogens is 1. The summed E-state index contributed by atoms with van der Waals surface area (Å²) >= 11 is 0. The van der Waals surface area contributed by atoms with Gasteiger partial charge in [-0.3, -0.25) is 0 Å². The molecule has 0 amide bonds. The number of hydrogen-bond acceptors (Lipinski definition) is 2. The van der Waals surface area contributed by atoms with E-state index in [2.05, 4.69) is 57.5 Å². The molecule has 0 bridgehead atoms. The van der Waals surface area contributed by atoms with E-state index in [0.717, 1.165) is 28.6 Å². The average molecular weight is 434 g/mol. The normalized spacial score (nSPS) is 16.2. The summed E-state index contributed by atoms with van der Waals surface area (Å²) in [6, 6.07) is 19.1. The molecule has 1 aliphatic heterocycles. The number of rotatable bonds is 5. The summed E-state index contributed by atoms with van der Waals surface area (Å²) in [4.78, 5) is 0. The van der Waals surface area contributed by atoms with Crippen LogP contribution in [0.5, 0.6) is 0 Å². The first-order valence-corrected chi connectivity index (χ1v) is 8.52. The number of aromatic nitrogens is 3. The molecule has 126 valence electrons. The molecule has 1 saturated heterocycles. The van der Waals surface area contributed by atoms with Crippen molar-refractivity contribution in [2.45, 2.75) is 25.9 Å². The van der Waals surface area contributed by atoms with Gasteiger partial charge in [0.25, 0.3) is 0 Å². The predicted octanol–water partition coefficient (Wildman–Crippen LogP) is 0.246. The first kappa shape index (κ1) is 17.4. The van der Waals surface area contributed by atoms with Gasteiger partial charge in [-0.1, -0.05) is 47.7 Å². The van der Waals surface area contributed by atoms with E-state index in [4.69, 9.17) is 0 Å². The second-order valence-electron chi connectivity index (χ2n) is 6.67. The minimum Gasteiger partial charge on any atom is -1.00 e. The Bertz CT molecular complexity index is 778. The average Bonchev–Trinajstić information content (AvgIpc) is 3.23. The molecule has 4 nitrogen and oxygen atoms in total. The lowest BCUT2D eigenvalue weighted by atomic mass is 10.1. The zero-order valence-electron chi connectivity index (χ0n) is 13.8. The number of para-hydroxylation sites is 1. The number of benzene rings is 2. The second kappa shape index (κ2) is 7.61. The van der Waals surface area contributed by atoms with Gasteiger partial charge >= 0.3 is 0 Å². The second-order valence-corrected chi connectivity index (χ2v) is 6.67. The van der Waals surface area contributed by atoms with Crippen molar-refractivity contribution < 1.29 is 28.5 Å². The van der Waals surface area contributed by atoms with Gasteiger partial charge in [-0.25, -0.2) is 0 Å². The van der Waals surface area contributed by atoms with E-state index < -0.39 is 0 Å². The first-order valence-electron chi connectivity index (χ1n) is 8.52. The van der Waals surface area contributed by atoms with Gasteiger partial charge in [-0.15, -0.1) is 5.10 Å². The highest BCUT2D eigenvalue weighted by Gasteiger charge is 2.32. The van der Waals surface area contributed by atoms with Gasteiger partial charge in [-0.05, 0) is 17.7 Å². The highest BCUT2D eigenvalue weighted by Crippen LogP contribution is 2.23. The van der Waals surface area contributed by atoms with Crippen LogP contribution in [0.4, 0.5) is 0 Å². The molecule has 3 aromatic rings. The lowest BCUT2D eigenvalue weighted by Gasteiger charge is -2.34. The molecular formula is C19H23IN4. The van der Waals surface area contributed by atoms with Crippen molar-refractivity contribution in [3.63, 3.8) is 0 Å². The van der Waals surface area contributed by atoms with Crippen LogP contribution in [0.25, 0.3) is 11.0 Å². The SMILES string of the molecule is [I-].c1ccc(CC[N+]2(Cn3nnc4ccccc43)CCCC2)cc1. The summed E-state index contributed by atoms with van der Waals surface area (Å²) in [7, 11) is 0. The zero-order chi connectivity index (χ0) is 15.5. The van der Waals surface area contributed by atoms with Crippen molar-refractivity contribution in [2.24, 2.45) is 0 Å². The van der Waals surface area contributed by atoms with E-state index in [1.54, 1.807) is 0 Å². The molecule has 0 unspecified atom stereocenters. The standard InChI is InChI=1S/C19H23N4.HI/c1-2-8-17(9-3-1)12-15-23(13-6-7-14-23)16-22-19-11-5-4-10-18(19)20-21-22;/h1-5,8-11H,6-7,12-16H2;1H/q+1;/p-1. The molecule has 2 aromatic carbocycles. The molecule has 0 saturated carbocycles.